The van der Waals surface area contributed by atoms with E-state index in [4.69, 9.17) is 5.73 Å². The Kier molecular flexibility index (Phi) is 4.24. The first-order valence-electron chi connectivity index (χ1n) is 7.84. The minimum absolute atomic E-state index is 0.0135. The minimum Gasteiger partial charge on any atom is -0.354 e. The van der Waals surface area contributed by atoms with Crippen molar-refractivity contribution in [3.63, 3.8) is 0 Å². The molecule has 116 valence electrons. The lowest BCUT2D eigenvalue weighted by Crippen LogP contribution is -2.52. The number of nitrogens with one attached hydrogen (secondary N) is 1. The molecule has 0 saturated heterocycles. The molecule has 1 saturated carbocycles. The van der Waals surface area contributed by atoms with Gasteiger partial charge in [-0.15, -0.1) is 0 Å². The fourth-order valence-electron chi connectivity index (χ4n) is 2.94. The van der Waals surface area contributed by atoms with E-state index in [0.29, 0.717) is 6.54 Å². The van der Waals surface area contributed by atoms with Gasteiger partial charge in [0.25, 0.3) is 0 Å². The van der Waals surface area contributed by atoms with Crippen LogP contribution in [-0.4, -0.2) is 27.8 Å². The number of nitrogens with zero attached hydrogens (tertiary/aromatic N) is 2. The average molecular weight is 298 g/mol. The van der Waals surface area contributed by atoms with Crippen LogP contribution in [0.25, 0.3) is 5.69 Å². The lowest BCUT2D eigenvalue weighted by Gasteiger charge is -2.22. The Balaban J connectivity index is 1.52. The van der Waals surface area contributed by atoms with Crippen LogP contribution in [0.5, 0.6) is 0 Å². The van der Waals surface area contributed by atoms with Gasteiger partial charge in [0, 0.05) is 12.7 Å². The summed E-state index contributed by atoms with van der Waals surface area (Å²) in [6.07, 6.45) is 8.29. The number of nitrogens with two attached hydrogens (primary N) is 1. The van der Waals surface area contributed by atoms with E-state index >= 15 is 0 Å². The highest BCUT2D eigenvalue weighted by atomic mass is 16.2. The molecule has 1 aromatic carbocycles. The molecule has 0 bridgehead atoms. The summed E-state index contributed by atoms with van der Waals surface area (Å²) in [5, 5.41) is 7.32. The summed E-state index contributed by atoms with van der Waals surface area (Å²) in [4.78, 5) is 12.1. The maximum atomic E-state index is 12.1. The van der Waals surface area contributed by atoms with E-state index in [-0.39, 0.29) is 5.91 Å². The van der Waals surface area contributed by atoms with Crippen molar-refractivity contribution in [3.05, 3.63) is 48.3 Å². The second-order valence-electron chi connectivity index (χ2n) is 6.00. The van der Waals surface area contributed by atoms with Crippen molar-refractivity contribution in [1.29, 1.82) is 0 Å². The molecule has 1 amide bonds. The highest BCUT2D eigenvalue weighted by Crippen LogP contribution is 2.27. The molecule has 1 aromatic heterocycles. The molecule has 1 fully saturated rings. The van der Waals surface area contributed by atoms with Crippen LogP contribution in [0.1, 0.15) is 31.2 Å². The molecular weight excluding hydrogens is 276 g/mol. The van der Waals surface area contributed by atoms with Crippen molar-refractivity contribution in [2.45, 2.75) is 37.6 Å². The first kappa shape index (κ1) is 14.8. The summed E-state index contributed by atoms with van der Waals surface area (Å²) < 4.78 is 1.85. The molecule has 22 heavy (non-hydrogen) atoms. The Morgan fingerprint density at radius 1 is 1.27 bits per heavy atom. The Morgan fingerprint density at radius 2 is 2.00 bits per heavy atom. The maximum absolute atomic E-state index is 12.1. The van der Waals surface area contributed by atoms with Crippen LogP contribution in [-0.2, 0) is 11.2 Å². The molecule has 0 spiro atoms. The number of carbonyl (C=O) groups is 1. The predicted octanol–water partition coefficient (Wildman–Crippen LogP) is 1.80. The summed E-state index contributed by atoms with van der Waals surface area (Å²) in [6, 6.07) is 9.97. The van der Waals surface area contributed by atoms with Gasteiger partial charge in [-0.1, -0.05) is 31.0 Å². The first-order valence-corrected chi connectivity index (χ1v) is 7.84. The zero-order valence-corrected chi connectivity index (χ0v) is 12.7. The van der Waals surface area contributed by atoms with Gasteiger partial charge in [0.2, 0.25) is 5.91 Å². The van der Waals surface area contributed by atoms with Crippen molar-refractivity contribution in [1.82, 2.24) is 15.1 Å². The van der Waals surface area contributed by atoms with Crippen LogP contribution >= 0.6 is 0 Å². The first-order chi connectivity index (χ1) is 10.7. The van der Waals surface area contributed by atoms with E-state index < -0.39 is 5.54 Å². The van der Waals surface area contributed by atoms with Gasteiger partial charge in [0.15, 0.2) is 0 Å². The van der Waals surface area contributed by atoms with Crippen molar-refractivity contribution in [2.75, 3.05) is 6.54 Å². The number of amides is 1. The van der Waals surface area contributed by atoms with Gasteiger partial charge in [0.05, 0.1) is 17.4 Å². The molecule has 0 unspecified atom stereocenters. The summed E-state index contributed by atoms with van der Waals surface area (Å²) in [5.74, 6) is -0.0135. The van der Waals surface area contributed by atoms with Gasteiger partial charge in [-0.25, -0.2) is 4.68 Å². The minimum atomic E-state index is -0.645. The van der Waals surface area contributed by atoms with Crippen molar-refractivity contribution in [3.8, 4) is 5.69 Å². The average Bonchev–Trinajstić information content (AvgIpc) is 3.18. The van der Waals surface area contributed by atoms with Gasteiger partial charge in [-0.05, 0) is 37.0 Å². The highest BCUT2D eigenvalue weighted by molar-refractivity contribution is 5.86. The Morgan fingerprint density at radius 3 is 2.73 bits per heavy atom. The number of benzene rings is 1. The van der Waals surface area contributed by atoms with Crippen LogP contribution in [0.4, 0.5) is 0 Å². The van der Waals surface area contributed by atoms with E-state index in [1.807, 2.05) is 47.4 Å². The molecule has 3 N–H and O–H groups in total. The zero-order valence-electron chi connectivity index (χ0n) is 12.7. The van der Waals surface area contributed by atoms with Gasteiger partial charge in [0.1, 0.15) is 0 Å². The molecule has 2 aromatic rings. The molecular formula is C17H22N4O. The molecule has 0 radical (unpaired) electrons. The summed E-state index contributed by atoms with van der Waals surface area (Å²) in [6.45, 7) is 0.596. The Labute approximate surface area is 130 Å². The standard InChI is InChI=1S/C17H22N4O/c18-17(9-4-5-10-17)16(22)19-11-8-14-12-20-21(13-14)15-6-2-1-3-7-15/h1-3,6-7,12-13H,4-5,8-11,18H2,(H,19,22). The van der Waals surface area contributed by atoms with E-state index in [2.05, 4.69) is 10.4 Å². The fraction of sp³-hybridized carbons (Fsp3) is 0.412. The Hall–Kier alpha value is -2.14. The monoisotopic (exact) mass is 298 g/mol. The molecule has 0 atom stereocenters. The summed E-state index contributed by atoms with van der Waals surface area (Å²) in [5.41, 5.74) is 7.62. The van der Waals surface area contributed by atoms with Gasteiger partial charge < -0.3 is 11.1 Å². The third-order valence-electron chi connectivity index (χ3n) is 4.30. The molecule has 1 aliphatic carbocycles. The van der Waals surface area contributed by atoms with E-state index in [1.54, 1.807) is 0 Å². The maximum Gasteiger partial charge on any atom is 0.240 e. The normalized spacial score (nSPS) is 16.6. The number of aromatic nitrogens is 2. The van der Waals surface area contributed by atoms with E-state index in [0.717, 1.165) is 43.4 Å². The SMILES string of the molecule is NC1(C(=O)NCCc2cnn(-c3ccccc3)c2)CCCC1. The quantitative estimate of drug-likeness (QED) is 0.884. The van der Waals surface area contributed by atoms with E-state index in [9.17, 15) is 4.79 Å². The lowest BCUT2D eigenvalue weighted by atomic mass is 9.98. The lowest BCUT2D eigenvalue weighted by molar-refractivity contribution is -0.126. The van der Waals surface area contributed by atoms with E-state index in [1.165, 1.54) is 0 Å². The van der Waals surface area contributed by atoms with Crippen LogP contribution in [0, 0.1) is 0 Å². The highest BCUT2D eigenvalue weighted by Gasteiger charge is 2.36. The van der Waals surface area contributed by atoms with Gasteiger partial charge in [-0.2, -0.15) is 5.10 Å². The van der Waals surface area contributed by atoms with Gasteiger partial charge >= 0.3 is 0 Å². The summed E-state index contributed by atoms with van der Waals surface area (Å²) >= 11 is 0. The topological polar surface area (TPSA) is 72.9 Å². The number of hydrogen-bond acceptors (Lipinski definition) is 3. The molecule has 1 heterocycles. The largest absolute Gasteiger partial charge is 0.354 e. The second-order valence-corrected chi connectivity index (χ2v) is 6.00. The zero-order chi connectivity index (χ0) is 15.4. The van der Waals surface area contributed by atoms with Crippen molar-refractivity contribution >= 4 is 5.91 Å². The number of hydrogen-bond donors (Lipinski definition) is 2. The van der Waals surface area contributed by atoms with Crippen molar-refractivity contribution < 1.29 is 4.79 Å². The fourth-order valence-corrected chi connectivity index (χ4v) is 2.94. The van der Waals surface area contributed by atoms with Crippen LogP contribution in [0.3, 0.4) is 0 Å². The number of para-hydroxylation sites is 1. The van der Waals surface area contributed by atoms with Crippen LogP contribution < -0.4 is 11.1 Å². The third kappa shape index (κ3) is 3.20. The smallest absolute Gasteiger partial charge is 0.240 e. The van der Waals surface area contributed by atoms with Gasteiger partial charge in [-0.3, -0.25) is 4.79 Å². The number of carbonyl (C=O) groups excluding carboxylic acids is 1. The van der Waals surface area contributed by atoms with Crippen LogP contribution in [0.2, 0.25) is 0 Å². The molecule has 3 rings (SSSR count). The molecule has 5 nitrogen and oxygen atoms in total. The van der Waals surface area contributed by atoms with Crippen molar-refractivity contribution in [2.24, 2.45) is 5.73 Å². The third-order valence-corrected chi connectivity index (χ3v) is 4.30. The van der Waals surface area contributed by atoms with Crippen LogP contribution in [0.15, 0.2) is 42.7 Å². The Bertz CT molecular complexity index is 629. The molecule has 5 heteroatoms. The number of rotatable bonds is 5. The molecule has 0 aliphatic heterocycles. The predicted molar refractivity (Wildman–Crippen MR) is 85.7 cm³/mol. The summed E-state index contributed by atoms with van der Waals surface area (Å²) in [7, 11) is 0. The second kappa shape index (κ2) is 6.32. The molecule has 1 aliphatic rings.